The lowest BCUT2D eigenvalue weighted by atomic mass is 9.91. The summed E-state index contributed by atoms with van der Waals surface area (Å²) in [5, 5.41) is 3.14. The molecule has 0 spiro atoms. The number of esters is 1. The zero-order valence-electron chi connectivity index (χ0n) is 13.4. The fraction of sp³-hybridized carbons (Fsp3) is 0.933. The van der Waals surface area contributed by atoms with Crippen LogP contribution in [0.25, 0.3) is 0 Å². The minimum absolute atomic E-state index is 0.152. The molecule has 1 rings (SSSR count). The molecule has 19 heavy (non-hydrogen) atoms. The van der Waals surface area contributed by atoms with E-state index < -0.39 is 5.54 Å². The lowest BCUT2D eigenvalue weighted by Crippen LogP contribution is -2.54. The maximum absolute atomic E-state index is 12.1. The van der Waals surface area contributed by atoms with Gasteiger partial charge in [0.2, 0.25) is 0 Å². The summed E-state index contributed by atoms with van der Waals surface area (Å²) in [7, 11) is 1.83. The Labute approximate surface area is 117 Å². The summed E-state index contributed by atoms with van der Waals surface area (Å²) in [4.78, 5) is 14.6. The minimum Gasteiger partial charge on any atom is -0.465 e. The van der Waals surface area contributed by atoms with E-state index in [1.165, 1.54) is 12.8 Å². The van der Waals surface area contributed by atoms with Crippen molar-refractivity contribution in [1.82, 2.24) is 10.2 Å². The van der Waals surface area contributed by atoms with E-state index in [9.17, 15) is 4.79 Å². The summed E-state index contributed by atoms with van der Waals surface area (Å²) < 4.78 is 5.19. The highest BCUT2D eigenvalue weighted by molar-refractivity contribution is 5.80. The van der Waals surface area contributed by atoms with Gasteiger partial charge in [0.25, 0.3) is 0 Å². The van der Waals surface area contributed by atoms with E-state index in [4.69, 9.17) is 4.74 Å². The third-order valence-electron chi connectivity index (χ3n) is 4.48. The normalized spacial score (nSPS) is 23.9. The molecule has 1 N–H and O–H groups in total. The average molecular weight is 270 g/mol. The van der Waals surface area contributed by atoms with E-state index >= 15 is 0 Å². The molecule has 4 nitrogen and oxygen atoms in total. The first-order chi connectivity index (χ1) is 8.77. The van der Waals surface area contributed by atoms with Crippen LogP contribution in [-0.2, 0) is 9.53 Å². The molecule has 1 aliphatic rings. The molecule has 2 unspecified atom stereocenters. The van der Waals surface area contributed by atoms with Crippen molar-refractivity contribution in [3.8, 4) is 0 Å². The van der Waals surface area contributed by atoms with Crippen molar-refractivity contribution in [3.05, 3.63) is 0 Å². The largest absolute Gasteiger partial charge is 0.465 e. The lowest BCUT2D eigenvalue weighted by molar-refractivity contribution is -0.151. The third-order valence-corrected chi connectivity index (χ3v) is 4.48. The zero-order valence-corrected chi connectivity index (χ0v) is 13.4. The number of carbonyl (C=O) groups is 1. The second kappa shape index (κ2) is 6.23. The Morgan fingerprint density at radius 1 is 1.53 bits per heavy atom. The zero-order chi connectivity index (χ0) is 14.7. The molecule has 0 radical (unpaired) electrons. The van der Waals surface area contributed by atoms with Gasteiger partial charge in [-0.25, -0.2) is 0 Å². The van der Waals surface area contributed by atoms with Gasteiger partial charge in [-0.1, -0.05) is 0 Å². The summed E-state index contributed by atoms with van der Waals surface area (Å²) in [6.07, 6.45) is 3.24. The van der Waals surface area contributed by atoms with E-state index in [1.807, 2.05) is 20.9 Å². The number of likely N-dealkylation sites (tertiary alicyclic amines) is 1. The highest BCUT2D eigenvalue weighted by Crippen LogP contribution is 2.32. The van der Waals surface area contributed by atoms with Crippen molar-refractivity contribution in [2.45, 2.75) is 71.0 Å². The summed E-state index contributed by atoms with van der Waals surface area (Å²) in [6, 6.07) is 0.361. The van der Waals surface area contributed by atoms with Crippen LogP contribution < -0.4 is 5.32 Å². The van der Waals surface area contributed by atoms with Crippen LogP contribution in [0.15, 0.2) is 0 Å². The summed E-state index contributed by atoms with van der Waals surface area (Å²) in [5.41, 5.74) is -0.364. The van der Waals surface area contributed by atoms with Crippen molar-refractivity contribution in [2.24, 2.45) is 0 Å². The van der Waals surface area contributed by atoms with Crippen LogP contribution in [-0.4, -0.2) is 48.2 Å². The molecule has 2 atom stereocenters. The van der Waals surface area contributed by atoms with Crippen LogP contribution in [0.1, 0.15) is 53.9 Å². The van der Waals surface area contributed by atoms with Crippen molar-refractivity contribution in [3.63, 3.8) is 0 Å². The quantitative estimate of drug-likeness (QED) is 0.751. The van der Waals surface area contributed by atoms with Gasteiger partial charge in [-0.15, -0.1) is 0 Å². The second-order valence-electron chi connectivity index (χ2n) is 6.47. The van der Waals surface area contributed by atoms with Crippen LogP contribution in [0, 0.1) is 0 Å². The Kier molecular flexibility index (Phi) is 5.39. The molecule has 112 valence electrons. The smallest absolute Gasteiger partial charge is 0.326 e. The maximum Gasteiger partial charge on any atom is 0.326 e. The van der Waals surface area contributed by atoms with E-state index in [2.05, 4.69) is 31.0 Å². The summed E-state index contributed by atoms with van der Waals surface area (Å²) >= 11 is 0. The lowest BCUT2D eigenvalue weighted by Gasteiger charge is -2.40. The first-order valence-corrected chi connectivity index (χ1v) is 7.39. The summed E-state index contributed by atoms with van der Waals surface area (Å²) in [5.74, 6) is -0.152. The number of carbonyl (C=O) groups excluding carboxylic acids is 1. The molecular weight excluding hydrogens is 240 g/mol. The number of nitrogens with one attached hydrogen (secondary N) is 1. The number of ether oxygens (including phenoxy) is 1. The molecule has 4 heteroatoms. The third kappa shape index (κ3) is 3.69. The number of rotatable bonds is 6. The molecule has 0 amide bonds. The van der Waals surface area contributed by atoms with Crippen LogP contribution >= 0.6 is 0 Å². The number of nitrogens with zero attached hydrogens (tertiary/aromatic N) is 1. The van der Waals surface area contributed by atoms with Gasteiger partial charge in [0.1, 0.15) is 5.54 Å². The number of hydrogen-bond donors (Lipinski definition) is 1. The van der Waals surface area contributed by atoms with Gasteiger partial charge >= 0.3 is 5.97 Å². The summed E-state index contributed by atoms with van der Waals surface area (Å²) in [6.45, 7) is 12.1. The predicted octanol–water partition coefficient (Wildman–Crippen LogP) is 2.18. The van der Waals surface area contributed by atoms with Crippen LogP contribution in [0.2, 0.25) is 0 Å². The SMILES string of the molecule is CCOC(=O)C(C)(CC(C)N1CCCC1(C)C)NC. The van der Waals surface area contributed by atoms with Crippen LogP contribution in [0.3, 0.4) is 0 Å². The van der Waals surface area contributed by atoms with E-state index in [-0.39, 0.29) is 11.5 Å². The van der Waals surface area contributed by atoms with Crippen molar-refractivity contribution < 1.29 is 9.53 Å². The fourth-order valence-electron chi connectivity index (χ4n) is 3.22. The minimum atomic E-state index is -0.603. The highest BCUT2D eigenvalue weighted by Gasteiger charge is 2.40. The first-order valence-electron chi connectivity index (χ1n) is 7.39. The van der Waals surface area contributed by atoms with Gasteiger partial charge in [0.15, 0.2) is 0 Å². The Morgan fingerprint density at radius 3 is 2.58 bits per heavy atom. The van der Waals surface area contributed by atoms with Crippen LogP contribution in [0.5, 0.6) is 0 Å². The molecule has 1 heterocycles. The molecule has 0 aromatic rings. The maximum atomic E-state index is 12.1. The average Bonchev–Trinajstić information content (AvgIpc) is 2.69. The highest BCUT2D eigenvalue weighted by atomic mass is 16.5. The van der Waals surface area contributed by atoms with Gasteiger partial charge in [-0.3, -0.25) is 9.69 Å². The molecule has 1 fully saturated rings. The van der Waals surface area contributed by atoms with Gasteiger partial charge in [-0.2, -0.15) is 0 Å². The molecule has 1 aliphatic heterocycles. The monoisotopic (exact) mass is 270 g/mol. The van der Waals surface area contributed by atoms with Crippen molar-refractivity contribution in [2.75, 3.05) is 20.2 Å². The molecule has 0 aliphatic carbocycles. The topological polar surface area (TPSA) is 41.6 Å². The molecule has 1 saturated heterocycles. The predicted molar refractivity (Wildman–Crippen MR) is 78.2 cm³/mol. The Bertz CT molecular complexity index is 317. The van der Waals surface area contributed by atoms with E-state index in [0.717, 1.165) is 13.0 Å². The van der Waals surface area contributed by atoms with Gasteiger partial charge in [-0.05, 0) is 67.5 Å². The Morgan fingerprint density at radius 2 is 2.16 bits per heavy atom. The van der Waals surface area contributed by atoms with Gasteiger partial charge < -0.3 is 10.1 Å². The van der Waals surface area contributed by atoms with E-state index in [1.54, 1.807) is 0 Å². The van der Waals surface area contributed by atoms with Gasteiger partial charge in [0, 0.05) is 11.6 Å². The Hall–Kier alpha value is -0.610. The number of hydrogen-bond acceptors (Lipinski definition) is 4. The molecule has 0 saturated carbocycles. The molecule has 0 bridgehead atoms. The van der Waals surface area contributed by atoms with Gasteiger partial charge in [0.05, 0.1) is 6.61 Å². The number of likely N-dealkylation sites (N-methyl/N-ethyl adjacent to an activating group) is 1. The molecule has 0 aromatic carbocycles. The Balaban J connectivity index is 2.72. The fourth-order valence-corrected chi connectivity index (χ4v) is 3.22. The van der Waals surface area contributed by atoms with E-state index in [0.29, 0.717) is 12.6 Å². The standard InChI is InChI=1S/C15H30N2O2/c1-7-19-13(18)15(5,16-6)11-12(2)17-10-8-9-14(17,3)4/h12,16H,7-11H2,1-6H3. The molecule has 0 aromatic heterocycles. The van der Waals surface area contributed by atoms with Crippen molar-refractivity contribution >= 4 is 5.97 Å². The second-order valence-corrected chi connectivity index (χ2v) is 6.47. The van der Waals surface area contributed by atoms with Crippen LogP contribution in [0.4, 0.5) is 0 Å². The first kappa shape index (κ1) is 16.4. The van der Waals surface area contributed by atoms with Crippen molar-refractivity contribution in [1.29, 1.82) is 0 Å². The molecular formula is C15H30N2O2.